The van der Waals surface area contributed by atoms with Crippen LogP contribution in [0.3, 0.4) is 0 Å². The number of hydrogen-bond acceptors (Lipinski definition) is 4. The Hall–Kier alpha value is -1.37. The Morgan fingerprint density at radius 1 is 1.52 bits per heavy atom. The van der Waals surface area contributed by atoms with E-state index in [9.17, 15) is 13.2 Å². The molecule has 0 spiro atoms. The van der Waals surface area contributed by atoms with Crippen LogP contribution in [0.1, 0.15) is 39.2 Å². The summed E-state index contributed by atoms with van der Waals surface area (Å²) >= 11 is 0. The van der Waals surface area contributed by atoms with E-state index in [1.54, 1.807) is 35.0 Å². The highest BCUT2D eigenvalue weighted by atomic mass is 32.2. The smallest absolute Gasteiger partial charge is 0.247 e. The molecule has 1 aliphatic heterocycles. The number of nitrogens with zero attached hydrogens (tertiary/aromatic N) is 3. The number of amides is 1. The van der Waals surface area contributed by atoms with E-state index in [0.29, 0.717) is 13.0 Å². The van der Waals surface area contributed by atoms with E-state index in [-0.39, 0.29) is 23.5 Å². The van der Waals surface area contributed by atoms with Gasteiger partial charge in [0.15, 0.2) is 9.84 Å². The average Bonchev–Trinajstić information content (AvgIpc) is 3.08. The summed E-state index contributed by atoms with van der Waals surface area (Å²) < 4.78 is 25.0. The fourth-order valence-corrected chi connectivity index (χ4v) is 4.42. The molecule has 2 unspecified atom stereocenters. The van der Waals surface area contributed by atoms with Gasteiger partial charge in [-0.3, -0.25) is 9.48 Å². The molecule has 1 aliphatic rings. The second-order valence-corrected chi connectivity index (χ2v) is 7.83. The Bertz CT molecular complexity index is 568. The molecule has 0 aliphatic carbocycles. The van der Waals surface area contributed by atoms with Crippen molar-refractivity contribution in [2.24, 2.45) is 0 Å². The molecule has 0 bridgehead atoms. The molecule has 0 saturated carbocycles. The van der Waals surface area contributed by atoms with Crippen molar-refractivity contribution in [3.63, 3.8) is 0 Å². The molecule has 2 rings (SSSR count). The van der Waals surface area contributed by atoms with Crippen LogP contribution in [-0.2, 0) is 14.6 Å². The third-order valence-electron chi connectivity index (χ3n) is 3.96. The molecular weight excluding hydrogens is 290 g/mol. The van der Waals surface area contributed by atoms with Crippen LogP contribution in [0.15, 0.2) is 18.5 Å². The number of rotatable bonds is 6. The summed E-state index contributed by atoms with van der Waals surface area (Å²) in [6.07, 6.45) is 5.79. The normalized spacial score (nSPS) is 22.1. The van der Waals surface area contributed by atoms with E-state index in [1.807, 2.05) is 0 Å². The van der Waals surface area contributed by atoms with E-state index in [0.717, 1.165) is 12.8 Å². The highest BCUT2D eigenvalue weighted by molar-refractivity contribution is 7.91. The Morgan fingerprint density at radius 3 is 2.81 bits per heavy atom. The van der Waals surface area contributed by atoms with E-state index in [4.69, 9.17) is 0 Å². The van der Waals surface area contributed by atoms with E-state index in [2.05, 4.69) is 12.0 Å². The molecular formula is C14H23N3O3S. The SMILES string of the molecule is CCCCN(C(=O)C(C)n1cccn1)C1CCS(=O)(=O)C1. The summed E-state index contributed by atoms with van der Waals surface area (Å²) in [6, 6.07) is 1.19. The minimum absolute atomic E-state index is 0.0470. The van der Waals surface area contributed by atoms with E-state index < -0.39 is 15.9 Å². The first-order valence-corrected chi connectivity index (χ1v) is 9.27. The lowest BCUT2D eigenvalue weighted by Gasteiger charge is -2.30. The summed E-state index contributed by atoms with van der Waals surface area (Å²) in [5.41, 5.74) is 0. The van der Waals surface area contributed by atoms with E-state index in [1.165, 1.54) is 0 Å². The van der Waals surface area contributed by atoms with Gasteiger partial charge in [0.05, 0.1) is 11.5 Å². The number of carbonyl (C=O) groups is 1. The zero-order valence-corrected chi connectivity index (χ0v) is 13.4. The molecule has 0 aromatic carbocycles. The minimum Gasteiger partial charge on any atom is -0.337 e. The Morgan fingerprint density at radius 2 is 2.29 bits per heavy atom. The number of aromatic nitrogens is 2. The fourth-order valence-electron chi connectivity index (χ4n) is 2.69. The summed E-state index contributed by atoms with van der Waals surface area (Å²) in [5, 5.41) is 4.11. The van der Waals surface area contributed by atoms with Crippen LogP contribution in [0, 0.1) is 0 Å². The molecule has 21 heavy (non-hydrogen) atoms. The lowest BCUT2D eigenvalue weighted by atomic mass is 10.1. The summed E-state index contributed by atoms with van der Waals surface area (Å²) in [4.78, 5) is 14.5. The third kappa shape index (κ3) is 3.84. The maximum atomic E-state index is 12.7. The monoisotopic (exact) mass is 313 g/mol. The molecule has 118 valence electrons. The number of unbranched alkanes of at least 4 members (excludes halogenated alkanes) is 1. The van der Waals surface area contributed by atoms with Crippen LogP contribution in [0.5, 0.6) is 0 Å². The number of carbonyl (C=O) groups excluding carboxylic acids is 1. The van der Waals surface area contributed by atoms with Crippen molar-refractivity contribution in [3.8, 4) is 0 Å². The van der Waals surface area contributed by atoms with Crippen LogP contribution >= 0.6 is 0 Å². The Labute approximate surface area is 126 Å². The highest BCUT2D eigenvalue weighted by Gasteiger charge is 2.36. The van der Waals surface area contributed by atoms with Crippen LogP contribution < -0.4 is 0 Å². The van der Waals surface area contributed by atoms with Gasteiger partial charge < -0.3 is 4.90 Å². The average molecular weight is 313 g/mol. The molecule has 1 aromatic rings. The Balaban J connectivity index is 2.13. The molecule has 1 fully saturated rings. The van der Waals surface area contributed by atoms with Gasteiger partial charge in [0, 0.05) is 25.0 Å². The highest BCUT2D eigenvalue weighted by Crippen LogP contribution is 2.21. The first-order valence-electron chi connectivity index (χ1n) is 7.44. The summed E-state index contributed by atoms with van der Waals surface area (Å²) in [6.45, 7) is 4.48. The quantitative estimate of drug-likeness (QED) is 0.792. The number of hydrogen-bond donors (Lipinski definition) is 0. The molecule has 7 heteroatoms. The zero-order chi connectivity index (χ0) is 15.5. The van der Waals surface area contributed by atoms with Crippen LogP contribution in [-0.4, -0.2) is 53.1 Å². The van der Waals surface area contributed by atoms with Gasteiger partial charge >= 0.3 is 0 Å². The maximum Gasteiger partial charge on any atom is 0.247 e. The van der Waals surface area contributed by atoms with Crippen LogP contribution in [0.4, 0.5) is 0 Å². The van der Waals surface area contributed by atoms with Crippen molar-refractivity contribution in [1.29, 1.82) is 0 Å². The van der Waals surface area contributed by atoms with Crippen molar-refractivity contribution in [1.82, 2.24) is 14.7 Å². The summed E-state index contributed by atoms with van der Waals surface area (Å²) in [7, 11) is -2.99. The van der Waals surface area contributed by atoms with Gasteiger partial charge in [-0.1, -0.05) is 13.3 Å². The minimum atomic E-state index is -2.99. The Kier molecular flexibility index (Phi) is 5.03. The van der Waals surface area contributed by atoms with Crippen molar-refractivity contribution in [3.05, 3.63) is 18.5 Å². The van der Waals surface area contributed by atoms with Gasteiger partial charge in [-0.15, -0.1) is 0 Å². The molecule has 0 N–H and O–H groups in total. The van der Waals surface area contributed by atoms with Crippen molar-refractivity contribution in [2.45, 2.75) is 45.2 Å². The molecule has 6 nitrogen and oxygen atoms in total. The van der Waals surface area contributed by atoms with Crippen molar-refractivity contribution < 1.29 is 13.2 Å². The summed E-state index contributed by atoms with van der Waals surface area (Å²) in [5.74, 6) is 0.229. The van der Waals surface area contributed by atoms with Gasteiger partial charge in [-0.25, -0.2) is 8.42 Å². The molecule has 1 aromatic heterocycles. The fraction of sp³-hybridized carbons (Fsp3) is 0.714. The van der Waals surface area contributed by atoms with Gasteiger partial charge in [0.2, 0.25) is 5.91 Å². The topological polar surface area (TPSA) is 72.3 Å². The molecule has 1 amide bonds. The number of sulfone groups is 1. The van der Waals surface area contributed by atoms with Crippen molar-refractivity contribution in [2.75, 3.05) is 18.1 Å². The van der Waals surface area contributed by atoms with Gasteiger partial charge in [0.1, 0.15) is 6.04 Å². The standard InChI is InChI=1S/C14H23N3O3S/c1-3-4-8-16(13-6-10-21(19,20)11-13)14(18)12(2)17-9-5-7-15-17/h5,7,9,12-13H,3-4,6,8,10-11H2,1-2H3. The van der Waals surface area contributed by atoms with Gasteiger partial charge in [-0.05, 0) is 25.8 Å². The third-order valence-corrected chi connectivity index (χ3v) is 5.71. The van der Waals surface area contributed by atoms with Gasteiger partial charge in [0.25, 0.3) is 0 Å². The van der Waals surface area contributed by atoms with Crippen molar-refractivity contribution >= 4 is 15.7 Å². The molecule has 1 saturated heterocycles. The second-order valence-electron chi connectivity index (χ2n) is 5.60. The lowest BCUT2D eigenvalue weighted by molar-refractivity contribution is -0.136. The maximum absolute atomic E-state index is 12.7. The predicted molar refractivity (Wildman–Crippen MR) is 80.6 cm³/mol. The van der Waals surface area contributed by atoms with Crippen LogP contribution in [0.2, 0.25) is 0 Å². The van der Waals surface area contributed by atoms with Crippen LogP contribution in [0.25, 0.3) is 0 Å². The molecule has 0 radical (unpaired) electrons. The molecule has 2 atom stereocenters. The first-order chi connectivity index (χ1) is 9.94. The first kappa shape index (κ1) is 16.0. The van der Waals surface area contributed by atoms with Gasteiger partial charge in [-0.2, -0.15) is 5.10 Å². The predicted octanol–water partition coefficient (Wildman–Crippen LogP) is 1.26. The molecule has 2 heterocycles. The zero-order valence-electron chi connectivity index (χ0n) is 12.6. The second kappa shape index (κ2) is 6.60. The van der Waals surface area contributed by atoms with E-state index >= 15 is 0 Å². The largest absolute Gasteiger partial charge is 0.337 e. The lowest BCUT2D eigenvalue weighted by Crippen LogP contribution is -2.44.